The summed E-state index contributed by atoms with van der Waals surface area (Å²) < 4.78 is 0. The monoisotopic (exact) mass is 256 g/mol. The summed E-state index contributed by atoms with van der Waals surface area (Å²) in [7, 11) is 0. The Labute approximate surface area is 111 Å². The first-order valence-electron chi connectivity index (χ1n) is 7.06. The predicted octanol–water partition coefficient (Wildman–Crippen LogP) is 2.22. The number of hydrogen-bond donors (Lipinski definition) is 2. The van der Waals surface area contributed by atoms with Crippen LogP contribution in [0.15, 0.2) is 0 Å². The molecule has 0 heterocycles. The largest absolute Gasteiger partial charge is 0.395 e. The molecule has 2 atom stereocenters. The van der Waals surface area contributed by atoms with Crippen LogP contribution in [0.4, 0.5) is 4.79 Å². The van der Waals surface area contributed by atoms with E-state index in [0.717, 1.165) is 19.3 Å². The smallest absolute Gasteiger partial charge is 0.317 e. The fourth-order valence-corrected chi connectivity index (χ4v) is 2.93. The van der Waals surface area contributed by atoms with Crippen LogP contribution in [0.3, 0.4) is 0 Å². The summed E-state index contributed by atoms with van der Waals surface area (Å²) in [6.45, 7) is 9.82. The Balaban J connectivity index is 2.49. The zero-order chi connectivity index (χ0) is 13.8. The minimum absolute atomic E-state index is 0.0223. The van der Waals surface area contributed by atoms with Gasteiger partial charge in [-0.3, -0.25) is 0 Å². The molecular formula is C14H28N2O2. The van der Waals surface area contributed by atoms with Crippen LogP contribution in [-0.2, 0) is 0 Å². The molecule has 106 valence electrons. The first kappa shape index (κ1) is 15.3. The standard InChI is InChI=1S/C14H28N2O2/c1-5-16(8-9-17)13(18)15-12-6-7-14(3,4)10-11(12)2/h11-12,17H,5-10H2,1-4H3,(H,15,18). The summed E-state index contributed by atoms with van der Waals surface area (Å²) in [4.78, 5) is 13.7. The van der Waals surface area contributed by atoms with Gasteiger partial charge < -0.3 is 15.3 Å². The van der Waals surface area contributed by atoms with Gasteiger partial charge in [0.15, 0.2) is 0 Å². The second kappa shape index (κ2) is 6.41. The number of aliphatic hydroxyl groups is 1. The van der Waals surface area contributed by atoms with Gasteiger partial charge in [-0.05, 0) is 37.5 Å². The Bertz CT molecular complexity index is 279. The molecule has 0 radical (unpaired) electrons. The van der Waals surface area contributed by atoms with Crippen molar-refractivity contribution in [3.05, 3.63) is 0 Å². The second-order valence-electron chi connectivity index (χ2n) is 6.24. The molecule has 1 fully saturated rings. The van der Waals surface area contributed by atoms with Crippen molar-refractivity contribution < 1.29 is 9.90 Å². The molecule has 0 aromatic heterocycles. The van der Waals surface area contributed by atoms with Crippen LogP contribution >= 0.6 is 0 Å². The fourth-order valence-electron chi connectivity index (χ4n) is 2.93. The van der Waals surface area contributed by atoms with E-state index in [1.54, 1.807) is 4.90 Å². The molecule has 0 saturated heterocycles. The molecule has 4 heteroatoms. The highest BCUT2D eigenvalue weighted by molar-refractivity contribution is 5.74. The van der Waals surface area contributed by atoms with Crippen LogP contribution in [0.2, 0.25) is 0 Å². The molecule has 0 aromatic rings. The van der Waals surface area contributed by atoms with Crippen molar-refractivity contribution in [2.45, 2.75) is 53.0 Å². The summed E-state index contributed by atoms with van der Waals surface area (Å²) in [6.07, 6.45) is 3.37. The molecule has 2 amide bonds. The van der Waals surface area contributed by atoms with Crippen molar-refractivity contribution in [2.75, 3.05) is 19.7 Å². The van der Waals surface area contributed by atoms with Crippen LogP contribution < -0.4 is 5.32 Å². The normalized spacial score (nSPS) is 26.7. The molecule has 0 aromatic carbocycles. The number of rotatable bonds is 4. The molecule has 1 aliphatic rings. The minimum Gasteiger partial charge on any atom is -0.395 e. The highest BCUT2D eigenvalue weighted by Gasteiger charge is 2.33. The third-order valence-electron chi connectivity index (χ3n) is 4.04. The number of carbonyl (C=O) groups excluding carboxylic acids is 1. The van der Waals surface area contributed by atoms with E-state index in [9.17, 15) is 4.79 Å². The minimum atomic E-state index is -0.0388. The van der Waals surface area contributed by atoms with Crippen LogP contribution in [-0.4, -0.2) is 41.8 Å². The number of aliphatic hydroxyl groups excluding tert-OH is 1. The maximum atomic E-state index is 12.0. The van der Waals surface area contributed by atoms with Crippen LogP contribution in [0, 0.1) is 11.3 Å². The highest BCUT2D eigenvalue weighted by Crippen LogP contribution is 2.38. The number of urea groups is 1. The van der Waals surface area contributed by atoms with Crippen LogP contribution in [0.1, 0.15) is 47.0 Å². The Morgan fingerprint density at radius 3 is 2.67 bits per heavy atom. The van der Waals surface area contributed by atoms with E-state index in [-0.39, 0.29) is 18.7 Å². The first-order valence-corrected chi connectivity index (χ1v) is 7.06. The van der Waals surface area contributed by atoms with Gasteiger partial charge in [0.05, 0.1) is 6.61 Å². The summed E-state index contributed by atoms with van der Waals surface area (Å²) in [5.41, 5.74) is 0.399. The quantitative estimate of drug-likeness (QED) is 0.810. The van der Waals surface area contributed by atoms with E-state index in [4.69, 9.17) is 5.11 Å². The molecule has 0 bridgehead atoms. The van der Waals surface area contributed by atoms with Crippen LogP contribution in [0.25, 0.3) is 0 Å². The zero-order valence-electron chi connectivity index (χ0n) is 12.2. The zero-order valence-corrected chi connectivity index (χ0v) is 12.2. The van der Waals surface area contributed by atoms with Gasteiger partial charge in [-0.25, -0.2) is 4.79 Å². The summed E-state index contributed by atoms with van der Waals surface area (Å²) in [5.74, 6) is 0.519. The van der Waals surface area contributed by atoms with E-state index < -0.39 is 0 Å². The molecule has 0 spiro atoms. The summed E-state index contributed by atoms with van der Waals surface area (Å²) in [6, 6.07) is 0.237. The Morgan fingerprint density at radius 1 is 1.50 bits per heavy atom. The van der Waals surface area contributed by atoms with E-state index in [1.165, 1.54) is 0 Å². The van der Waals surface area contributed by atoms with Crippen molar-refractivity contribution in [1.82, 2.24) is 10.2 Å². The fraction of sp³-hybridized carbons (Fsp3) is 0.929. The van der Waals surface area contributed by atoms with Crippen molar-refractivity contribution in [3.63, 3.8) is 0 Å². The van der Waals surface area contributed by atoms with Crippen molar-refractivity contribution in [3.8, 4) is 0 Å². The molecule has 0 aliphatic heterocycles. The van der Waals surface area contributed by atoms with E-state index >= 15 is 0 Å². The van der Waals surface area contributed by atoms with Crippen molar-refractivity contribution >= 4 is 6.03 Å². The Morgan fingerprint density at radius 2 is 2.17 bits per heavy atom. The van der Waals surface area contributed by atoms with E-state index in [1.807, 2.05) is 6.92 Å². The summed E-state index contributed by atoms with van der Waals surface area (Å²) >= 11 is 0. The molecule has 2 N–H and O–H groups in total. The molecule has 1 rings (SSSR count). The van der Waals surface area contributed by atoms with Gasteiger partial charge in [0.2, 0.25) is 0 Å². The van der Waals surface area contributed by atoms with E-state index in [2.05, 4.69) is 26.1 Å². The third-order valence-corrected chi connectivity index (χ3v) is 4.04. The predicted molar refractivity (Wildman–Crippen MR) is 73.4 cm³/mol. The molecule has 1 aliphatic carbocycles. The van der Waals surface area contributed by atoms with E-state index in [0.29, 0.717) is 24.4 Å². The van der Waals surface area contributed by atoms with Gasteiger partial charge in [0.1, 0.15) is 0 Å². The lowest BCUT2D eigenvalue weighted by Gasteiger charge is -2.40. The average molecular weight is 256 g/mol. The molecular weight excluding hydrogens is 228 g/mol. The van der Waals surface area contributed by atoms with Gasteiger partial charge in [-0.15, -0.1) is 0 Å². The maximum Gasteiger partial charge on any atom is 0.317 e. The number of likely N-dealkylation sites (N-methyl/N-ethyl adjacent to an activating group) is 1. The van der Waals surface area contributed by atoms with Gasteiger partial charge in [0, 0.05) is 19.1 Å². The number of amides is 2. The molecule has 1 saturated carbocycles. The van der Waals surface area contributed by atoms with Crippen molar-refractivity contribution in [2.24, 2.45) is 11.3 Å². The maximum absolute atomic E-state index is 12.0. The highest BCUT2D eigenvalue weighted by atomic mass is 16.3. The van der Waals surface area contributed by atoms with Crippen LogP contribution in [0.5, 0.6) is 0 Å². The van der Waals surface area contributed by atoms with Crippen molar-refractivity contribution in [1.29, 1.82) is 0 Å². The lowest BCUT2D eigenvalue weighted by Crippen LogP contribution is -2.50. The summed E-state index contributed by atoms with van der Waals surface area (Å²) in [5, 5.41) is 12.0. The molecule has 18 heavy (non-hydrogen) atoms. The Kier molecular flexibility index (Phi) is 5.45. The third kappa shape index (κ3) is 4.16. The SMILES string of the molecule is CCN(CCO)C(=O)NC1CCC(C)(C)CC1C. The average Bonchev–Trinajstić information content (AvgIpc) is 2.29. The molecule has 4 nitrogen and oxygen atoms in total. The van der Waals surface area contributed by atoms with Gasteiger partial charge in [-0.2, -0.15) is 0 Å². The number of hydrogen-bond acceptors (Lipinski definition) is 2. The second-order valence-corrected chi connectivity index (χ2v) is 6.24. The van der Waals surface area contributed by atoms with Gasteiger partial charge in [-0.1, -0.05) is 20.8 Å². The lowest BCUT2D eigenvalue weighted by atomic mass is 9.70. The van der Waals surface area contributed by atoms with Gasteiger partial charge in [0.25, 0.3) is 0 Å². The number of carbonyl (C=O) groups is 1. The first-order chi connectivity index (χ1) is 8.39. The Hall–Kier alpha value is -0.770. The lowest BCUT2D eigenvalue weighted by molar-refractivity contribution is 0.136. The number of nitrogens with one attached hydrogen (secondary N) is 1. The van der Waals surface area contributed by atoms with Gasteiger partial charge >= 0.3 is 6.03 Å². The number of nitrogens with zero attached hydrogens (tertiary/aromatic N) is 1. The topological polar surface area (TPSA) is 52.6 Å². The molecule has 2 unspecified atom stereocenters.